The van der Waals surface area contributed by atoms with E-state index in [4.69, 9.17) is 4.11 Å². The first-order valence-corrected chi connectivity index (χ1v) is 9.88. The number of para-hydroxylation sites is 3. The molecule has 0 radical (unpaired) electrons. The van der Waals surface area contributed by atoms with Crippen molar-refractivity contribution in [2.45, 2.75) is 26.2 Å². The van der Waals surface area contributed by atoms with E-state index < -0.39 is 5.41 Å². The van der Waals surface area contributed by atoms with Crippen LogP contribution in [0, 0.1) is 0 Å². The van der Waals surface area contributed by atoms with E-state index in [0.29, 0.717) is 11.3 Å². The molecule has 0 spiro atoms. The van der Waals surface area contributed by atoms with Crippen LogP contribution in [-0.2, 0) is 5.41 Å². The zero-order chi connectivity index (χ0) is 23.8. The zero-order valence-electron chi connectivity index (χ0n) is 21.1. The molecule has 0 atom stereocenters. The molecule has 0 aliphatic carbocycles. The van der Waals surface area contributed by atoms with Crippen molar-refractivity contribution in [1.29, 1.82) is 0 Å². The van der Waals surface area contributed by atoms with E-state index >= 15 is 0 Å². The highest BCUT2D eigenvalue weighted by Crippen LogP contribution is 2.51. The minimum Gasteiger partial charge on any atom is -0.194 e. The van der Waals surface area contributed by atoms with Gasteiger partial charge in [-0.15, -0.1) is 0 Å². The number of hydrogen-bond donors (Lipinski definition) is 0. The van der Waals surface area contributed by atoms with Gasteiger partial charge in [-0.1, -0.05) is 87.5 Å². The fourth-order valence-electron chi connectivity index (χ4n) is 3.67. The SMILES string of the molecule is [2H]c1c([2H])c(C(C)(C)C)c([2H])c([N+](c2ccccc2)(c2ccccc2)c2ccccc2)c1[2H]. The van der Waals surface area contributed by atoms with Crippen molar-refractivity contribution < 1.29 is 5.48 Å². The van der Waals surface area contributed by atoms with Crippen molar-refractivity contribution in [1.82, 2.24) is 4.48 Å². The summed E-state index contributed by atoms with van der Waals surface area (Å²) < 4.78 is 35.7. The number of benzene rings is 4. The van der Waals surface area contributed by atoms with Crippen molar-refractivity contribution in [3.05, 3.63) is 121 Å². The van der Waals surface area contributed by atoms with Crippen molar-refractivity contribution in [2.24, 2.45) is 0 Å². The molecule has 4 aromatic rings. The van der Waals surface area contributed by atoms with Gasteiger partial charge in [-0.25, -0.2) is 0 Å². The highest BCUT2D eigenvalue weighted by atomic mass is 15.4. The topological polar surface area (TPSA) is 0 Å². The van der Waals surface area contributed by atoms with Crippen molar-refractivity contribution in [2.75, 3.05) is 0 Å². The molecule has 4 aromatic carbocycles. The molecule has 4 rings (SSSR count). The highest BCUT2D eigenvalue weighted by molar-refractivity contribution is 5.81. The Hall–Kier alpha value is -3.16. The quantitative estimate of drug-likeness (QED) is 0.311. The van der Waals surface area contributed by atoms with Crippen molar-refractivity contribution in [3.63, 3.8) is 0 Å². The summed E-state index contributed by atoms with van der Waals surface area (Å²) in [6, 6.07) is 29.3. The second-order valence-corrected chi connectivity index (χ2v) is 8.15. The third-order valence-electron chi connectivity index (χ3n) is 5.13. The summed E-state index contributed by atoms with van der Waals surface area (Å²) in [4.78, 5) is 0. The van der Waals surface area contributed by atoms with Crippen LogP contribution in [0.2, 0.25) is 0 Å². The van der Waals surface area contributed by atoms with Gasteiger partial charge in [0, 0.05) is 48.5 Å². The second-order valence-electron chi connectivity index (χ2n) is 8.15. The van der Waals surface area contributed by atoms with Gasteiger partial charge < -0.3 is 0 Å². The molecule has 29 heavy (non-hydrogen) atoms. The smallest absolute Gasteiger partial charge is 0.148 e. The van der Waals surface area contributed by atoms with Gasteiger partial charge in [-0.2, -0.15) is 4.48 Å². The van der Waals surface area contributed by atoms with Gasteiger partial charge in [0.25, 0.3) is 0 Å². The van der Waals surface area contributed by atoms with Crippen LogP contribution in [0.4, 0.5) is 22.7 Å². The summed E-state index contributed by atoms with van der Waals surface area (Å²) in [5, 5.41) is 0. The van der Waals surface area contributed by atoms with E-state index in [2.05, 4.69) is 0 Å². The predicted molar refractivity (Wildman–Crippen MR) is 125 cm³/mol. The van der Waals surface area contributed by atoms with Crippen LogP contribution < -0.4 is 4.48 Å². The van der Waals surface area contributed by atoms with Crippen LogP contribution in [-0.4, -0.2) is 0 Å². The molecule has 0 aliphatic rings. The van der Waals surface area contributed by atoms with Gasteiger partial charge in [0.15, 0.2) is 0 Å². The van der Waals surface area contributed by atoms with Gasteiger partial charge >= 0.3 is 0 Å². The standard InChI is InChI=1S/C28H28N/c1-28(2,3)23-14-13-21-27(22-23)29(24-15-7-4-8-16-24,25-17-9-5-10-18-25)26-19-11-6-12-20-26/h4-22H,1-3H3/q+1/i13D,14D,21D,22D. The molecular weight excluding hydrogens is 350 g/mol. The Kier molecular flexibility index (Phi) is 3.92. The first-order valence-electron chi connectivity index (χ1n) is 11.9. The Labute approximate surface area is 180 Å². The summed E-state index contributed by atoms with van der Waals surface area (Å²) in [6.07, 6.45) is 0. The maximum Gasteiger partial charge on any atom is 0.148 e. The third kappa shape index (κ3) is 3.50. The Morgan fingerprint density at radius 1 is 0.586 bits per heavy atom. The van der Waals surface area contributed by atoms with Gasteiger partial charge in [0.2, 0.25) is 0 Å². The number of hydrogen-bond acceptors (Lipinski definition) is 0. The van der Waals surface area contributed by atoms with Crippen LogP contribution >= 0.6 is 0 Å². The van der Waals surface area contributed by atoms with Crippen molar-refractivity contribution in [3.8, 4) is 0 Å². The van der Waals surface area contributed by atoms with Crippen molar-refractivity contribution >= 4 is 22.7 Å². The maximum absolute atomic E-state index is 9.35. The lowest BCUT2D eigenvalue weighted by Crippen LogP contribution is -2.33. The Morgan fingerprint density at radius 3 is 1.38 bits per heavy atom. The number of quaternary nitrogens is 1. The molecule has 0 fully saturated rings. The van der Waals surface area contributed by atoms with E-state index in [1.165, 1.54) is 0 Å². The van der Waals surface area contributed by atoms with E-state index in [1.54, 1.807) is 0 Å². The number of nitrogens with zero attached hydrogens (tertiary/aromatic N) is 1. The Bertz CT molecular complexity index is 1170. The zero-order valence-corrected chi connectivity index (χ0v) is 17.1. The average molecular weight is 383 g/mol. The van der Waals surface area contributed by atoms with E-state index in [0.717, 1.165) is 17.1 Å². The predicted octanol–water partition coefficient (Wildman–Crippen LogP) is 8.29. The fourth-order valence-corrected chi connectivity index (χ4v) is 3.67. The summed E-state index contributed by atoms with van der Waals surface area (Å²) in [5.41, 5.74) is 2.89. The van der Waals surface area contributed by atoms with Crippen LogP contribution in [0.25, 0.3) is 0 Å². The molecule has 0 saturated heterocycles. The second kappa shape index (κ2) is 7.69. The molecule has 0 bridgehead atoms. The molecule has 0 unspecified atom stereocenters. The molecule has 0 amide bonds. The summed E-state index contributed by atoms with van der Waals surface area (Å²) >= 11 is 0. The summed E-state index contributed by atoms with van der Waals surface area (Å²) in [6.45, 7) is 5.86. The minimum absolute atomic E-state index is 0.0184. The lowest BCUT2D eigenvalue weighted by Gasteiger charge is -2.37. The molecule has 1 nitrogen and oxygen atoms in total. The Morgan fingerprint density at radius 2 is 1.00 bits per heavy atom. The molecule has 0 aliphatic heterocycles. The third-order valence-corrected chi connectivity index (χ3v) is 5.13. The maximum atomic E-state index is 9.35. The van der Waals surface area contributed by atoms with Gasteiger partial charge in [0.1, 0.15) is 22.7 Å². The first kappa shape index (κ1) is 14.8. The van der Waals surface area contributed by atoms with Crippen LogP contribution in [0.1, 0.15) is 31.8 Å². The molecule has 144 valence electrons. The fraction of sp³-hybridized carbons (Fsp3) is 0.143. The molecule has 1 heteroatoms. The van der Waals surface area contributed by atoms with Crippen LogP contribution in [0.5, 0.6) is 0 Å². The first-order chi connectivity index (χ1) is 15.7. The lowest BCUT2D eigenvalue weighted by molar-refractivity contribution is 0.587. The normalized spacial score (nSPS) is 13.9. The van der Waals surface area contributed by atoms with Crippen LogP contribution in [0.3, 0.4) is 0 Å². The van der Waals surface area contributed by atoms with E-state index in [1.807, 2.05) is 112 Å². The van der Waals surface area contributed by atoms with Gasteiger partial charge in [-0.05, 0) is 11.0 Å². The van der Waals surface area contributed by atoms with E-state index in [-0.39, 0.29) is 28.7 Å². The molecule has 0 saturated carbocycles. The van der Waals surface area contributed by atoms with Gasteiger partial charge in [0.05, 0.1) is 5.48 Å². The van der Waals surface area contributed by atoms with Crippen LogP contribution in [0.15, 0.2) is 115 Å². The highest BCUT2D eigenvalue weighted by Gasteiger charge is 2.39. The molecule has 0 heterocycles. The molecule has 0 aromatic heterocycles. The minimum atomic E-state index is -0.536. The molecular formula is C28H28N+. The monoisotopic (exact) mass is 382 g/mol. The van der Waals surface area contributed by atoms with Gasteiger partial charge in [-0.3, -0.25) is 0 Å². The summed E-state index contributed by atoms with van der Waals surface area (Å²) in [7, 11) is 0. The number of rotatable bonds is 4. The lowest BCUT2D eigenvalue weighted by atomic mass is 9.86. The van der Waals surface area contributed by atoms with E-state index in [9.17, 15) is 1.37 Å². The average Bonchev–Trinajstić information content (AvgIpc) is 2.81. The molecule has 0 N–H and O–H groups in total. The largest absolute Gasteiger partial charge is 0.194 e. The Balaban J connectivity index is 2.30. The summed E-state index contributed by atoms with van der Waals surface area (Å²) in [5.74, 6) is 0.